The molecular formula is C16H12N2O4. The number of carbonyl (C=O) groups is 2. The molecule has 0 unspecified atom stereocenters. The second-order valence-corrected chi connectivity index (χ2v) is 4.59. The van der Waals surface area contributed by atoms with Gasteiger partial charge in [-0.3, -0.25) is 0 Å². The number of benzene rings is 3. The van der Waals surface area contributed by atoms with Gasteiger partial charge in [-0.25, -0.2) is 9.59 Å². The number of primary amides is 2. The van der Waals surface area contributed by atoms with Gasteiger partial charge < -0.3 is 20.9 Å². The zero-order valence-corrected chi connectivity index (χ0v) is 11.4. The van der Waals surface area contributed by atoms with E-state index in [4.69, 9.17) is 20.9 Å². The topological polar surface area (TPSA) is 105 Å². The van der Waals surface area contributed by atoms with Crippen LogP contribution in [0.15, 0.2) is 48.5 Å². The van der Waals surface area contributed by atoms with Crippen molar-refractivity contribution >= 4 is 33.7 Å². The SMILES string of the molecule is NC(=O)Oc1c2ccccc2c(OC(N)=O)c2ccccc12. The number of ether oxygens (including phenoxy) is 2. The minimum atomic E-state index is -0.918. The number of amides is 2. The lowest BCUT2D eigenvalue weighted by atomic mass is 10.0. The molecule has 22 heavy (non-hydrogen) atoms. The highest BCUT2D eigenvalue weighted by atomic mass is 16.6. The van der Waals surface area contributed by atoms with Crippen LogP contribution in [0.3, 0.4) is 0 Å². The molecule has 0 saturated carbocycles. The van der Waals surface area contributed by atoms with Crippen LogP contribution in [0, 0.1) is 0 Å². The van der Waals surface area contributed by atoms with E-state index in [0.29, 0.717) is 33.0 Å². The molecule has 2 amide bonds. The lowest BCUT2D eigenvalue weighted by Gasteiger charge is -2.14. The van der Waals surface area contributed by atoms with Crippen molar-refractivity contribution in [2.75, 3.05) is 0 Å². The van der Waals surface area contributed by atoms with E-state index in [-0.39, 0.29) is 0 Å². The van der Waals surface area contributed by atoms with Crippen LogP contribution in [0.5, 0.6) is 11.5 Å². The average molecular weight is 296 g/mol. The molecule has 6 heteroatoms. The summed E-state index contributed by atoms with van der Waals surface area (Å²) >= 11 is 0. The molecule has 4 N–H and O–H groups in total. The van der Waals surface area contributed by atoms with Crippen LogP contribution in [-0.4, -0.2) is 12.2 Å². The van der Waals surface area contributed by atoms with Crippen molar-refractivity contribution in [3.05, 3.63) is 48.5 Å². The first-order valence-electron chi connectivity index (χ1n) is 6.46. The average Bonchev–Trinajstić information content (AvgIpc) is 2.50. The van der Waals surface area contributed by atoms with Crippen molar-refractivity contribution in [1.29, 1.82) is 0 Å². The van der Waals surface area contributed by atoms with Gasteiger partial charge >= 0.3 is 12.2 Å². The number of fused-ring (bicyclic) bond motifs is 2. The molecule has 3 aromatic carbocycles. The van der Waals surface area contributed by atoms with E-state index in [1.165, 1.54) is 0 Å². The van der Waals surface area contributed by atoms with E-state index in [9.17, 15) is 9.59 Å². The Morgan fingerprint density at radius 3 is 1.14 bits per heavy atom. The Labute approximate surface area is 125 Å². The Balaban J connectivity index is 2.47. The van der Waals surface area contributed by atoms with Crippen LogP contribution in [0.4, 0.5) is 9.59 Å². The van der Waals surface area contributed by atoms with Gasteiger partial charge in [0.1, 0.15) is 11.5 Å². The summed E-state index contributed by atoms with van der Waals surface area (Å²) in [6, 6.07) is 14.1. The summed E-state index contributed by atoms with van der Waals surface area (Å²) in [5.41, 5.74) is 10.3. The van der Waals surface area contributed by atoms with E-state index >= 15 is 0 Å². The summed E-state index contributed by atoms with van der Waals surface area (Å²) in [4.78, 5) is 22.4. The zero-order chi connectivity index (χ0) is 15.7. The fourth-order valence-electron chi connectivity index (χ4n) is 2.47. The summed E-state index contributed by atoms with van der Waals surface area (Å²) in [6.45, 7) is 0. The fraction of sp³-hybridized carbons (Fsp3) is 0. The Morgan fingerprint density at radius 1 is 0.636 bits per heavy atom. The third-order valence-corrected chi connectivity index (χ3v) is 3.24. The predicted octanol–water partition coefficient (Wildman–Crippen LogP) is 2.91. The standard InChI is InChI=1S/C16H12N2O4/c17-15(19)21-13-9-5-1-2-6-10(9)14(22-16(18)20)12-8-4-3-7-11(12)13/h1-8H,(H2,17,19)(H2,18,20). The first kappa shape index (κ1) is 13.7. The molecule has 0 fully saturated rings. The van der Waals surface area contributed by atoms with Crippen LogP contribution in [0.1, 0.15) is 0 Å². The van der Waals surface area contributed by atoms with Crippen molar-refractivity contribution in [1.82, 2.24) is 0 Å². The quantitative estimate of drug-likeness (QED) is 0.709. The molecule has 0 saturated heterocycles. The van der Waals surface area contributed by atoms with Crippen LogP contribution < -0.4 is 20.9 Å². The fourth-order valence-corrected chi connectivity index (χ4v) is 2.47. The maximum Gasteiger partial charge on any atom is 0.410 e. The normalized spacial score (nSPS) is 10.5. The molecule has 0 spiro atoms. The largest absolute Gasteiger partial charge is 0.410 e. The smallest absolute Gasteiger partial charge is 0.409 e. The van der Waals surface area contributed by atoms with E-state index in [0.717, 1.165) is 0 Å². The van der Waals surface area contributed by atoms with Crippen LogP contribution in [-0.2, 0) is 0 Å². The van der Waals surface area contributed by atoms with Gasteiger partial charge in [0.2, 0.25) is 0 Å². The second kappa shape index (κ2) is 5.25. The molecule has 0 heterocycles. The summed E-state index contributed by atoms with van der Waals surface area (Å²) in [6.07, 6.45) is -1.84. The molecular weight excluding hydrogens is 284 g/mol. The van der Waals surface area contributed by atoms with Crippen molar-refractivity contribution < 1.29 is 19.1 Å². The summed E-state index contributed by atoms with van der Waals surface area (Å²) in [5, 5.41) is 2.38. The van der Waals surface area contributed by atoms with E-state index in [1.807, 2.05) is 0 Å². The molecule has 110 valence electrons. The van der Waals surface area contributed by atoms with Crippen LogP contribution >= 0.6 is 0 Å². The second-order valence-electron chi connectivity index (χ2n) is 4.59. The first-order chi connectivity index (χ1) is 10.6. The Hall–Kier alpha value is -3.28. The van der Waals surface area contributed by atoms with Crippen molar-refractivity contribution in [2.24, 2.45) is 11.5 Å². The van der Waals surface area contributed by atoms with Gasteiger partial charge in [0, 0.05) is 21.5 Å². The number of nitrogens with two attached hydrogens (primary N) is 2. The van der Waals surface area contributed by atoms with Gasteiger partial charge in [-0.05, 0) is 0 Å². The molecule has 0 aromatic heterocycles. The lowest BCUT2D eigenvalue weighted by Crippen LogP contribution is -2.18. The third-order valence-electron chi connectivity index (χ3n) is 3.24. The van der Waals surface area contributed by atoms with Gasteiger partial charge in [0.25, 0.3) is 0 Å². The Kier molecular flexibility index (Phi) is 3.27. The molecule has 0 aliphatic heterocycles. The highest BCUT2D eigenvalue weighted by Gasteiger charge is 2.18. The van der Waals surface area contributed by atoms with E-state index in [2.05, 4.69) is 0 Å². The zero-order valence-electron chi connectivity index (χ0n) is 11.4. The minimum Gasteiger partial charge on any atom is -0.409 e. The first-order valence-corrected chi connectivity index (χ1v) is 6.46. The molecule has 0 radical (unpaired) electrons. The maximum atomic E-state index is 11.2. The van der Waals surface area contributed by atoms with Gasteiger partial charge in [-0.1, -0.05) is 48.5 Å². The molecule has 0 aliphatic carbocycles. The number of hydrogen-bond donors (Lipinski definition) is 2. The van der Waals surface area contributed by atoms with Crippen LogP contribution in [0.25, 0.3) is 21.5 Å². The molecule has 3 aromatic rings. The molecule has 0 aliphatic rings. The number of carbonyl (C=O) groups excluding carboxylic acids is 2. The summed E-state index contributed by atoms with van der Waals surface area (Å²) in [7, 11) is 0. The monoisotopic (exact) mass is 296 g/mol. The summed E-state index contributed by atoms with van der Waals surface area (Å²) in [5.74, 6) is 0.631. The highest BCUT2D eigenvalue weighted by Crippen LogP contribution is 2.42. The Morgan fingerprint density at radius 2 is 0.909 bits per heavy atom. The Bertz CT molecular complexity index is 774. The molecule has 3 rings (SSSR count). The van der Waals surface area contributed by atoms with E-state index < -0.39 is 12.2 Å². The van der Waals surface area contributed by atoms with Crippen LogP contribution in [0.2, 0.25) is 0 Å². The van der Waals surface area contributed by atoms with Gasteiger partial charge in [0.15, 0.2) is 0 Å². The molecule has 0 atom stereocenters. The lowest BCUT2D eigenvalue weighted by molar-refractivity contribution is 0.210. The highest BCUT2D eigenvalue weighted by molar-refractivity contribution is 6.12. The molecule has 0 bridgehead atoms. The van der Waals surface area contributed by atoms with Crippen molar-refractivity contribution in [3.63, 3.8) is 0 Å². The predicted molar refractivity (Wildman–Crippen MR) is 81.9 cm³/mol. The maximum absolute atomic E-state index is 11.2. The number of hydrogen-bond acceptors (Lipinski definition) is 4. The van der Waals surface area contributed by atoms with Gasteiger partial charge in [-0.2, -0.15) is 0 Å². The minimum absolute atomic E-state index is 0.315. The number of rotatable bonds is 2. The van der Waals surface area contributed by atoms with Crippen molar-refractivity contribution in [2.45, 2.75) is 0 Å². The van der Waals surface area contributed by atoms with Gasteiger partial charge in [0.05, 0.1) is 0 Å². The molecule has 6 nitrogen and oxygen atoms in total. The summed E-state index contributed by atoms with van der Waals surface area (Å²) < 4.78 is 10.3. The van der Waals surface area contributed by atoms with Crippen molar-refractivity contribution in [3.8, 4) is 11.5 Å². The third kappa shape index (κ3) is 2.26. The van der Waals surface area contributed by atoms with Gasteiger partial charge in [-0.15, -0.1) is 0 Å². The van der Waals surface area contributed by atoms with E-state index in [1.54, 1.807) is 48.5 Å².